The molecule has 29 heavy (non-hydrogen) atoms. The minimum Gasteiger partial charge on any atom is -0.106 e. The summed E-state index contributed by atoms with van der Waals surface area (Å²) in [4.78, 5) is 0. The van der Waals surface area contributed by atoms with Gasteiger partial charge in [0.05, 0.1) is 0 Å². The zero-order valence-corrected chi connectivity index (χ0v) is 24.3. The molecule has 0 N–H and O–H groups in total. The van der Waals surface area contributed by atoms with Gasteiger partial charge in [-0.1, -0.05) is 152 Å². The Morgan fingerprint density at radius 2 is 0.552 bits per heavy atom. The fourth-order valence-electron chi connectivity index (χ4n) is 4.07. The molecule has 2 heteroatoms. The Balaban J connectivity index is 0. The van der Waals surface area contributed by atoms with Crippen LogP contribution in [0.1, 0.15) is 136 Å². The summed E-state index contributed by atoms with van der Waals surface area (Å²) in [7, 11) is 0. The van der Waals surface area contributed by atoms with Crippen LogP contribution in [0, 0.1) is 0 Å². The van der Waals surface area contributed by atoms with Crippen LogP contribution in [0.15, 0.2) is 0 Å². The second kappa shape index (κ2) is 29.1. The van der Waals surface area contributed by atoms with Crippen molar-refractivity contribution in [2.24, 2.45) is 0 Å². The molecular weight excluding hydrogens is 378 g/mol. The summed E-state index contributed by atoms with van der Waals surface area (Å²) >= 11 is -0.549. The van der Waals surface area contributed by atoms with Crippen LogP contribution in [0.4, 0.5) is 0 Å². The quantitative estimate of drug-likeness (QED) is 0.123. The van der Waals surface area contributed by atoms with Crippen LogP contribution in [0.2, 0.25) is 33.2 Å². The molecule has 0 aliphatic carbocycles. The molecule has 174 valence electrons. The van der Waals surface area contributed by atoms with Crippen LogP contribution >= 0.6 is 0 Å². The third kappa shape index (κ3) is 33.9. The minimum atomic E-state index is -0.410. The third-order valence-electron chi connectivity index (χ3n) is 5.90. The Bertz CT molecular complexity index is 224. The summed E-state index contributed by atoms with van der Waals surface area (Å²) in [6.45, 7) is 6.97. The molecule has 0 amide bonds. The zero-order chi connectivity index (χ0) is 22.0. The van der Waals surface area contributed by atoms with Gasteiger partial charge in [-0.3, -0.25) is 0 Å². The maximum Gasteiger partial charge on any atom is 0.261 e. The average Bonchev–Trinajstić information content (AvgIpc) is 2.68. The molecular formula is C27H60Al2. The van der Waals surface area contributed by atoms with Crippen molar-refractivity contribution in [3.63, 3.8) is 0 Å². The molecule has 0 spiro atoms. The molecule has 0 saturated carbocycles. The molecule has 0 heterocycles. The summed E-state index contributed by atoms with van der Waals surface area (Å²) in [5, 5.41) is 4.99. The van der Waals surface area contributed by atoms with E-state index in [1.807, 2.05) is 0 Å². The van der Waals surface area contributed by atoms with E-state index in [-0.39, 0.29) is 14.1 Å². The Labute approximate surface area is 197 Å². The first-order chi connectivity index (χ1) is 14.1. The SMILES string of the molecule is CCCCCCC[CH2][Al]([CH2]CCCCCCC)[CH2]CCCCCCC.[CH3][Al]([CH3])[CH3]. The summed E-state index contributed by atoms with van der Waals surface area (Å²) in [6.07, 6.45) is 26.7. The number of hydrogen-bond acceptors (Lipinski definition) is 0. The molecule has 0 saturated heterocycles. The highest BCUT2D eigenvalue weighted by atomic mass is 27.2. The fourth-order valence-corrected chi connectivity index (χ4v) is 7.54. The lowest BCUT2D eigenvalue weighted by Gasteiger charge is -2.12. The van der Waals surface area contributed by atoms with E-state index in [0.29, 0.717) is 0 Å². The summed E-state index contributed by atoms with van der Waals surface area (Å²) in [5.41, 5.74) is 0. The van der Waals surface area contributed by atoms with Crippen molar-refractivity contribution >= 4 is 28.3 Å². The molecule has 0 aromatic carbocycles. The second-order valence-electron chi connectivity index (χ2n) is 10.3. The first-order valence-electron chi connectivity index (χ1n) is 14.1. The van der Waals surface area contributed by atoms with Crippen LogP contribution in [0.3, 0.4) is 0 Å². The lowest BCUT2D eigenvalue weighted by molar-refractivity contribution is 0.610. The Morgan fingerprint density at radius 1 is 0.345 bits per heavy atom. The third-order valence-corrected chi connectivity index (χ3v) is 9.57. The van der Waals surface area contributed by atoms with Crippen molar-refractivity contribution in [2.45, 2.75) is 170 Å². The van der Waals surface area contributed by atoms with Crippen molar-refractivity contribution in [1.82, 2.24) is 0 Å². The van der Waals surface area contributed by atoms with E-state index in [0.717, 1.165) is 0 Å². The standard InChI is InChI=1S/3C8H17.3CH3.2Al/c3*1-3-5-7-8-6-4-2;;;;;/h3*1,3-8H2,2H3;3*1H3;;. The van der Waals surface area contributed by atoms with Gasteiger partial charge >= 0.3 is 0 Å². The number of hydrogen-bond donors (Lipinski definition) is 0. The highest BCUT2D eigenvalue weighted by Gasteiger charge is 2.15. The van der Waals surface area contributed by atoms with Gasteiger partial charge < -0.3 is 0 Å². The van der Waals surface area contributed by atoms with Crippen molar-refractivity contribution < 1.29 is 0 Å². The largest absolute Gasteiger partial charge is 0.261 e. The molecule has 0 aromatic heterocycles. The van der Waals surface area contributed by atoms with Crippen LogP contribution in [-0.4, -0.2) is 28.3 Å². The smallest absolute Gasteiger partial charge is 0.106 e. The second-order valence-corrected chi connectivity index (χ2v) is 17.2. The van der Waals surface area contributed by atoms with Gasteiger partial charge in [-0.2, -0.15) is 0 Å². The summed E-state index contributed by atoms with van der Waals surface area (Å²) in [6, 6.07) is 0. The van der Waals surface area contributed by atoms with Gasteiger partial charge in [-0.15, -0.1) is 17.4 Å². The van der Waals surface area contributed by atoms with Gasteiger partial charge in [0.2, 0.25) is 0 Å². The number of rotatable bonds is 21. The maximum absolute atomic E-state index is 2.32. The molecule has 0 radical (unpaired) electrons. The molecule has 0 aliphatic rings. The topological polar surface area (TPSA) is 0 Å². The van der Waals surface area contributed by atoms with Gasteiger partial charge in [-0.05, 0) is 0 Å². The summed E-state index contributed by atoms with van der Waals surface area (Å²) in [5.74, 6) is 6.92. The summed E-state index contributed by atoms with van der Waals surface area (Å²) < 4.78 is 0. The van der Waals surface area contributed by atoms with Crippen molar-refractivity contribution in [2.75, 3.05) is 0 Å². The highest BCUT2D eigenvalue weighted by Crippen LogP contribution is 2.20. The van der Waals surface area contributed by atoms with E-state index >= 15 is 0 Å². The Kier molecular flexibility index (Phi) is 32.3. The van der Waals surface area contributed by atoms with E-state index in [1.54, 1.807) is 35.1 Å². The van der Waals surface area contributed by atoms with Gasteiger partial charge in [0.25, 0.3) is 28.3 Å². The first kappa shape index (κ1) is 32.2. The zero-order valence-electron chi connectivity index (χ0n) is 22.0. The van der Waals surface area contributed by atoms with Gasteiger partial charge in [0.1, 0.15) is 0 Å². The number of unbranched alkanes of at least 4 members (excludes halogenated alkanes) is 15. The molecule has 0 unspecified atom stereocenters. The van der Waals surface area contributed by atoms with E-state index in [2.05, 4.69) is 38.1 Å². The van der Waals surface area contributed by atoms with Crippen LogP contribution in [0.5, 0.6) is 0 Å². The monoisotopic (exact) mass is 438 g/mol. The molecule has 0 aromatic rings. The van der Waals surface area contributed by atoms with Crippen LogP contribution < -0.4 is 0 Å². The van der Waals surface area contributed by atoms with E-state index < -0.39 is 14.1 Å². The minimum absolute atomic E-state index is 0.139. The van der Waals surface area contributed by atoms with Gasteiger partial charge in [0.15, 0.2) is 0 Å². The molecule has 0 nitrogen and oxygen atoms in total. The van der Waals surface area contributed by atoms with Crippen molar-refractivity contribution in [3.05, 3.63) is 0 Å². The molecule has 0 bridgehead atoms. The fraction of sp³-hybridized carbons (Fsp3) is 1.00. The van der Waals surface area contributed by atoms with Crippen molar-refractivity contribution in [1.29, 1.82) is 0 Å². The molecule has 0 aliphatic heterocycles. The lowest BCUT2D eigenvalue weighted by atomic mass is 10.1. The van der Waals surface area contributed by atoms with Gasteiger partial charge in [-0.25, -0.2) is 0 Å². The van der Waals surface area contributed by atoms with E-state index in [4.69, 9.17) is 0 Å². The Hall–Kier alpha value is 1.06. The maximum atomic E-state index is 2.32. The lowest BCUT2D eigenvalue weighted by Crippen LogP contribution is -2.12. The normalized spacial score (nSPS) is 10.6. The van der Waals surface area contributed by atoms with Crippen LogP contribution in [0.25, 0.3) is 0 Å². The van der Waals surface area contributed by atoms with Crippen LogP contribution in [-0.2, 0) is 0 Å². The highest BCUT2D eigenvalue weighted by molar-refractivity contribution is 6.58. The predicted molar refractivity (Wildman–Crippen MR) is 144 cm³/mol. The molecule has 0 rings (SSSR count). The van der Waals surface area contributed by atoms with E-state index in [9.17, 15) is 0 Å². The Morgan fingerprint density at radius 3 is 0.793 bits per heavy atom. The average molecular weight is 439 g/mol. The predicted octanol–water partition coefficient (Wildman–Crippen LogP) is 10.9. The van der Waals surface area contributed by atoms with Gasteiger partial charge in [0, 0.05) is 0 Å². The van der Waals surface area contributed by atoms with Crippen molar-refractivity contribution in [3.8, 4) is 0 Å². The van der Waals surface area contributed by atoms with E-state index in [1.165, 1.54) is 96.3 Å². The molecule has 0 fully saturated rings. The first-order valence-corrected chi connectivity index (χ1v) is 20.0. The molecule has 0 atom stereocenters.